The molecule has 0 spiro atoms. The zero-order valence-corrected chi connectivity index (χ0v) is 16.6. The van der Waals surface area contributed by atoms with Gasteiger partial charge in [0.15, 0.2) is 0 Å². The summed E-state index contributed by atoms with van der Waals surface area (Å²) in [6, 6.07) is 8.15. The minimum Gasteiger partial charge on any atom is -0.399 e. The molecule has 1 aromatic rings. The second-order valence-corrected chi connectivity index (χ2v) is 15.4. The van der Waals surface area contributed by atoms with Crippen molar-refractivity contribution in [1.29, 1.82) is 0 Å². The second-order valence-electron chi connectivity index (χ2n) is 7.12. The molecule has 22 heavy (non-hydrogen) atoms. The van der Waals surface area contributed by atoms with Crippen LogP contribution in [0, 0.1) is 0 Å². The van der Waals surface area contributed by atoms with Gasteiger partial charge in [-0.1, -0.05) is 0 Å². The van der Waals surface area contributed by atoms with Crippen LogP contribution in [0.2, 0.25) is 0 Å². The van der Waals surface area contributed by atoms with E-state index in [9.17, 15) is 0 Å². The fourth-order valence-corrected chi connectivity index (χ4v) is 15.6. The topological polar surface area (TPSA) is 38.0 Å². The monoisotopic (exact) mass is 370 g/mol. The molecular formula is C16H22N2S4. The number of thioether (sulfide) groups is 4. The first-order valence-electron chi connectivity index (χ1n) is 7.56. The summed E-state index contributed by atoms with van der Waals surface area (Å²) < 4.78 is 0.921. The molecule has 5 atom stereocenters. The molecule has 2 nitrogen and oxygen atoms in total. The van der Waals surface area contributed by atoms with Crippen molar-refractivity contribution in [1.82, 2.24) is 0 Å². The highest BCUT2D eigenvalue weighted by Gasteiger charge is 2.70. The van der Waals surface area contributed by atoms with Crippen LogP contribution in [0.5, 0.6) is 0 Å². The van der Waals surface area contributed by atoms with Gasteiger partial charge in [0.25, 0.3) is 0 Å². The van der Waals surface area contributed by atoms with E-state index in [1.807, 2.05) is 12.1 Å². The van der Waals surface area contributed by atoms with Crippen molar-refractivity contribution in [3.63, 3.8) is 0 Å². The number of nitrogens with two attached hydrogens (primary N) is 1. The maximum atomic E-state index is 5.82. The Bertz CT molecular complexity index is 619. The molecule has 3 aliphatic heterocycles. The van der Waals surface area contributed by atoms with E-state index >= 15 is 0 Å². The molecule has 3 aliphatic rings. The number of fused-ring (bicyclic) bond motifs is 2. The average molecular weight is 371 g/mol. The van der Waals surface area contributed by atoms with E-state index in [2.05, 4.69) is 92.2 Å². The lowest BCUT2D eigenvalue weighted by atomic mass is 10.1. The number of anilines is 2. The summed E-state index contributed by atoms with van der Waals surface area (Å²) in [5.41, 5.74) is 7.81. The molecule has 6 heteroatoms. The smallest absolute Gasteiger partial charge is 0.0960 e. The van der Waals surface area contributed by atoms with Crippen molar-refractivity contribution in [2.24, 2.45) is 0 Å². The molecule has 3 heterocycles. The van der Waals surface area contributed by atoms with Gasteiger partial charge < -0.3 is 11.1 Å². The molecule has 4 rings (SSSR count). The van der Waals surface area contributed by atoms with Crippen LogP contribution >= 0.6 is 47.0 Å². The Morgan fingerprint density at radius 1 is 1.00 bits per heavy atom. The molecule has 0 aliphatic carbocycles. The van der Waals surface area contributed by atoms with Crippen LogP contribution in [-0.2, 0) is 0 Å². The lowest BCUT2D eigenvalue weighted by Gasteiger charge is -2.55. The zero-order chi connectivity index (χ0) is 15.8. The maximum absolute atomic E-state index is 5.82. The van der Waals surface area contributed by atoms with Gasteiger partial charge in [-0.15, -0.1) is 47.0 Å². The number of nitrogen functional groups attached to an aromatic ring is 1. The van der Waals surface area contributed by atoms with E-state index in [-0.39, 0.29) is 13.0 Å². The Kier molecular flexibility index (Phi) is 3.32. The predicted molar refractivity (Wildman–Crippen MR) is 107 cm³/mol. The lowest BCUT2D eigenvalue weighted by Crippen LogP contribution is -2.56. The average Bonchev–Trinajstić information content (AvgIpc) is 2.52. The Morgan fingerprint density at radius 3 is 2.32 bits per heavy atom. The summed E-state index contributed by atoms with van der Waals surface area (Å²) in [5, 5.41) is 4.42. The number of benzene rings is 1. The van der Waals surface area contributed by atoms with E-state index in [1.54, 1.807) is 0 Å². The number of hydrogen-bond acceptors (Lipinski definition) is 6. The van der Waals surface area contributed by atoms with Gasteiger partial charge in [0, 0.05) is 11.4 Å². The van der Waals surface area contributed by atoms with Gasteiger partial charge in [-0.2, -0.15) is 0 Å². The van der Waals surface area contributed by atoms with Gasteiger partial charge in [-0.3, -0.25) is 0 Å². The van der Waals surface area contributed by atoms with Gasteiger partial charge >= 0.3 is 0 Å². The third-order valence-electron chi connectivity index (χ3n) is 4.55. The van der Waals surface area contributed by atoms with Gasteiger partial charge in [0.05, 0.1) is 22.4 Å². The van der Waals surface area contributed by atoms with Gasteiger partial charge in [-0.25, -0.2) is 0 Å². The fourth-order valence-electron chi connectivity index (χ4n) is 4.18. The fraction of sp³-hybridized carbons (Fsp3) is 0.625. The van der Waals surface area contributed by atoms with Crippen molar-refractivity contribution in [3.8, 4) is 0 Å². The van der Waals surface area contributed by atoms with Crippen molar-refractivity contribution in [3.05, 3.63) is 24.3 Å². The first-order chi connectivity index (χ1) is 10.1. The molecule has 5 unspecified atom stereocenters. The van der Waals surface area contributed by atoms with E-state index < -0.39 is 0 Å². The van der Waals surface area contributed by atoms with Crippen LogP contribution in [0.1, 0.15) is 34.1 Å². The van der Waals surface area contributed by atoms with Crippen LogP contribution in [-0.4, -0.2) is 22.4 Å². The molecule has 3 fully saturated rings. The Hall–Kier alpha value is 0.220. The SMILES string of the molecule is CC12CC3(C)SC(C)(Nc4ccc(N)cc4)C(S1)C(C)(S2)S3. The quantitative estimate of drug-likeness (QED) is 0.690. The predicted octanol–water partition coefficient (Wildman–Crippen LogP) is 5.28. The van der Waals surface area contributed by atoms with E-state index in [0.29, 0.717) is 9.33 Å². The highest BCUT2D eigenvalue weighted by atomic mass is 32.3. The highest BCUT2D eigenvalue weighted by Crippen LogP contribution is 2.80. The molecule has 120 valence electrons. The minimum atomic E-state index is 0.0385. The molecule has 1 aromatic carbocycles. The maximum Gasteiger partial charge on any atom is 0.0960 e. The normalized spacial score (nSPS) is 49.4. The second kappa shape index (κ2) is 4.64. The largest absolute Gasteiger partial charge is 0.399 e. The number of nitrogens with one attached hydrogen (secondary N) is 1. The van der Waals surface area contributed by atoms with Crippen molar-refractivity contribution < 1.29 is 0 Å². The van der Waals surface area contributed by atoms with Crippen LogP contribution in [0.15, 0.2) is 24.3 Å². The van der Waals surface area contributed by atoms with Gasteiger partial charge in [-0.05, 0) is 58.4 Å². The summed E-state index contributed by atoms with van der Waals surface area (Å²) in [5.74, 6) is 0. The number of rotatable bonds is 2. The molecule has 0 radical (unpaired) electrons. The van der Waals surface area contributed by atoms with Crippen molar-refractivity contribution >= 4 is 58.4 Å². The van der Waals surface area contributed by atoms with Gasteiger partial charge in [0.1, 0.15) is 0 Å². The third kappa shape index (κ3) is 2.36. The van der Waals surface area contributed by atoms with Crippen molar-refractivity contribution in [2.45, 2.75) is 56.5 Å². The summed E-state index contributed by atoms with van der Waals surface area (Å²) in [7, 11) is 0. The Morgan fingerprint density at radius 2 is 1.64 bits per heavy atom. The molecule has 0 amide bonds. The molecular weight excluding hydrogens is 348 g/mol. The molecule has 3 N–H and O–H groups in total. The van der Waals surface area contributed by atoms with E-state index in [1.165, 1.54) is 12.1 Å². The summed E-state index contributed by atoms with van der Waals surface area (Å²) >= 11 is 8.68. The van der Waals surface area contributed by atoms with Crippen LogP contribution in [0.25, 0.3) is 0 Å². The molecule has 0 aromatic heterocycles. The summed E-state index contributed by atoms with van der Waals surface area (Å²) in [6.45, 7) is 9.71. The minimum absolute atomic E-state index is 0.0385. The third-order valence-corrected chi connectivity index (χ3v) is 12.1. The zero-order valence-electron chi connectivity index (χ0n) is 13.3. The Balaban J connectivity index is 1.71. The summed E-state index contributed by atoms with van der Waals surface area (Å²) in [4.78, 5) is 0.0385. The standard InChI is InChI=1S/C16H22N2S4/c1-13-9-14(2)20-15(3,12(19-13)16(4,21-13)22-14)18-11-7-5-10(17)6-8-11/h5-8,12,18H,9,17H2,1-4H3. The first-order valence-corrected chi connectivity index (χ1v) is 10.9. The van der Waals surface area contributed by atoms with Crippen LogP contribution in [0.4, 0.5) is 11.4 Å². The molecule has 0 saturated carbocycles. The summed E-state index contributed by atoms with van der Waals surface area (Å²) in [6.07, 6.45) is 1.26. The van der Waals surface area contributed by atoms with Crippen molar-refractivity contribution in [2.75, 3.05) is 11.1 Å². The molecule has 3 saturated heterocycles. The van der Waals surface area contributed by atoms with Crippen LogP contribution < -0.4 is 11.1 Å². The van der Waals surface area contributed by atoms with Crippen LogP contribution in [0.3, 0.4) is 0 Å². The van der Waals surface area contributed by atoms with Gasteiger partial charge in [0.2, 0.25) is 0 Å². The molecule has 3 bridgehead atoms. The number of hydrogen-bond donors (Lipinski definition) is 2. The van der Waals surface area contributed by atoms with E-state index in [4.69, 9.17) is 5.73 Å². The lowest BCUT2D eigenvalue weighted by molar-refractivity contribution is 0.614. The van der Waals surface area contributed by atoms with E-state index in [0.717, 1.165) is 5.69 Å². The Labute approximate surface area is 149 Å². The first kappa shape index (κ1) is 15.7. The highest BCUT2D eigenvalue weighted by molar-refractivity contribution is 8.35.